The number of benzene rings is 2. The van der Waals surface area contributed by atoms with E-state index in [9.17, 15) is 22.8 Å². The summed E-state index contributed by atoms with van der Waals surface area (Å²) >= 11 is 0. The molecule has 2 aromatic carbocycles. The molecule has 0 aliphatic carbocycles. The van der Waals surface area contributed by atoms with Crippen molar-refractivity contribution in [3.05, 3.63) is 59.4 Å². The van der Waals surface area contributed by atoms with E-state index in [2.05, 4.69) is 0 Å². The lowest BCUT2D eigenvalue weighted by Gasteiger charge is -2.15. The van der Waals surface area contributed by atoms with Crippen LogP contribution in [0.3, 0.4) is 0 Å². The van der Waals surface area contributed by atoms with Gasteiger partial charge in [0.15, 0.2) is 6.10 Å². The van der Waals surface area contributed by atoms with Gasteiger partial charge in [0.2, 0.25) is 0 Å². The van der Waals surface area contributed by atoms with Crippen LogP contribution >= 0.6 is 0 Å². The highest BCUT2D eigenvalue weighted by Gasteiger charge is 2.22. The standard InChI is InChI=1S/C16H13F3N2O3/c1-8(15(22)21-14-11(18)3-2-4-12(14)19)24-16(23)10-6-5-9(17)7-13(10)20/h2-8H,20H2,1H3,(H,21,22)/t8-/m0/s1. The average Bonchev–Trinajstić information content (AvgIpc) is 2.50. The van der Waals surface area contributed by atoms with Gasteiger partial charge in [0.05, 0.1) is 5.56 Å². The van der Waals surface area contributed by atoms with Crippen LogP contribution in [-0.2, 0) is 9.53 Å². The Morgan fingerprint density at radius 1 is 1.12 bits per heavy atom. The number of anilines is 2. The molecule has 1 amide bonds. The van der Waals surface area contributed by atoms with Gasteiger partial charge in [-0.15, -0.1) is 0 Å². The maximum atomic E-state index is 13.5. The van der Waals surface area contributed by atoms with E-state index in [-0.39, 0.29) is 11.3 Å². The highest BCUT2D eigenvalue weighted by atomic mass is 19.1. The number of nitrogen functional groups attached to an aromatic ring is 1. The molecule has 24 heavy (non-hydrogen) atoms. The summed E-state index contributed by atoms with van der Waals surface area (Å²) in [5.74, 6) is -4.48. The van der Waals surface area contributed by atoms with E-state index in [1.165, 1.54) is 6.92 Å². The molecule has 8 heteroatoms. The van der Waals surface area contributed by atoms with Gasteiger partial charge in [-0.1, -0.05) is 6.07 Å². The number of esters is 1. The molecule has 5 nitrogen and oxygen atoms in total. The molecule has 3 N–H and O–H groups in total. The highest BCUT2D eigenvalue weighted by Crippen LogP contribution is 2.19. The number of nitrogens with one attached hydrogen (secondary N) is 1. The molecule has 0 aromatic heterocycles. The van der Waals surface area contributed by atoms with Crippen LogP contribution in [0.4, 0.5) is 24.5 Å². The first-order valence-corrected chi connectivity index (χ1v) is 6.80. The zero-order valence-corrected chi connectivity index (χ0v) is 12.5. The monoisotopic (exact) mass is 338 g/mol. The van der Waals surface area contributed by atoms with Gasteiger partial charge in [-0.25, -0.2) is 18.0 Å². The van der Waals surface area contributed by atoms with Gasteiger partial charge >= 0.3 is 5.97 Å². The molecular weight excluding hydrogens is 325 g/mol. The van der Waals surface area contributed by atoms with Crippen LogP contribution in [0.2, 0.25) is 0 Å². The maximum absolute atomic E-state index is 13.5. The molecule has 1 atom stereocenters. The molecule has 126 valence electrons. The summed E-state index contributed by atoms with van der Waals surface area (Å²) in [6.45, 7) is 1.21. The topological polar surface area (TPSA) is 81.4 Å². The van der Waals surface area contributed by atoms with Crippen molar-refractivity contribution >= 4 is 23.3 Å². The smallest absolute Gasteiger partial charge is 0.341 e. The molecule has 2 rings (SSSR count). The van der Waals surface area contributed by atoms with Crippen molar-refractivity contribution in [1.82, 2.24) is 0 Å². The van der Waals surface area contributed by atoms with E-state index in [0.717, 1.165) is 36.4 Å². The van der Waals surface area contributed by atoms with Crippen LogP contribution in [0.25, 0.3) is 0 Å². The normalized spacial score (nSPS) is 11.7. The fourth-order valence-electron chi connectivity index (χ4n) is 1.84. The molecule has 0 unspecified atom stereocenters. The van der Waals surface area contributed by atoms with Crippen LogP contribution in [0.1, 0.15) is 17.3 Å². The SMILES string of the molecule is C[C@H](OC(=O)c1ccc(F)cc1N)C(=O)Nc1c(F)cccc1F. The zero-order valence-electron chi connectivity index (χ0n) is 12.5. The summed E-state index contributed by atoms with van der Waals surface area (Å²) < 4.78 is 44.8. The predicted octanol–water partition coefficient (Wildman–Crippen LogP) is 2.87. The Bertz CT molecular complexity index is 776. The molecule has 2 aromatic rings. The first kappa shape index (κ1) is 17.3. The van der Waals surface area contributed by atoms with Gasteiger partial charge in [0.1, 0.15) is 23.1 Å². The number of halogens is 3. The molecule has 0 bridgehead atoms. The Kier molecular flexibility index (Phi) is 5.08. The van der Waals surface area contributed by atoms with Gasteiger partial charge < -0.3 is 15.8 Å². The number of carbonyl (C=O) groups is 2. The van der Waals surface area contributed by atoms with Crippen LogP contribution in [0.5, 0.6) is 0 Å². The second-order valence-electron chi connectivity index (χ2n) is 4.87. The molecule has 0 saturated heterocycles. The molecule has 0 aliphatic rings. The minimum Gasteiger partial charge on any atom is -0.449 e. The number of carbonyl (C=O) groups excluding carboxylic acids is 2. The Hall–Kier alpha value is -3.03. The quantitative estimate of drug-likeness (QED) is 0.663. The van der Waals surface area contributed by atoms with Crippen molar-refractivity contribution in [2.24, 2.45) is 0 Å². The maximum Gasteiger partial charge on any atom is 0.341 e. The third kappa shape index (κ3) is 3.83. The Morgan fingerprint density at radius 3 is 2.33 bits per heavy atom. The molecule has 0 heterocycles. The van der Waals surface area contributed by atoms with Crippen molar-refractivity contribution < 1.29 is 27.5 Å². The lowest BCUT2D eigenvalue weighted by atomic mass is 10.2. The third-order valence-corrected chi connectivity index (χ3v) is 3.10. The average molecular weight is 338 g/mol. The van der Waals surface area contributed by atoms with Gasteiger partial charge in [0.25, 0.3) is 5.91 Å². The zero-order chi connectivity index (χ0) is 17.9. The summed E-state index contributed by atoms with van der Waals surface area (Å²) in [4.78, 5) is 23.8. The van der Waals surface area contributed by atoms with Crippen molar-refractivity contribution in [3.63, 3.8) is 0 Å². The molecular formula is C16H13F3N2O3. The number of para-hydroxylation sites is 1. The first-order valence-electron chi connectivity index (χ1n) is 6.80. The highest BCUT2D eigenvalue weighted by molar-refractivity contribution is 5.99. The number of rotatable bonds is 4. The second kappa shape index (κ2) is 7.03. The summed E-state index contributed by atoms with van der Waals surface area (Å²) in [6, 6.07) is 6.11. The van der Waals surface area contributed by atoms with E-state index < -0.39 is 41.1 Å². The molecule has 0 fully saturated rings. The minimum absolute atomic E-state index is 0.131. The van der Waals surface area contributed by atoms with E-state index in [1.54, 1.807) is 0 Å². The second-order valence-corrected chi connectivity index (χ2v) is 4.87. The van der Waals surface area contributed by atoms with Crippen LogP contribution in [0, 0.1) is 17.5 Å². The first-order chi connectivity index (χ1) is 11.3. The number of nitrogens with two attached hydrogens (primary N) is 1. The minimum atomic E-state index is -1.36. The Labute approximate surface area is 135 Å². The van der Waals surface area contributed by atoms with E-state index in [1.807, 2.05) is 5.32 Å². The summed E-state index contributed by atoms with van der Waals surface area (Å²) in [7, 11) is 0. The fourth-order valence-corrected chi connectivity index (χ4v) is 1.84. The van der Waals surface area contributed by atoms with E-state index in [4.69, 9.17) is 10.5 Å². The van der Waals surface area contributed by atoms with E-state index >= 15 is 0 Å². The third-order valence-electron chi connectivity index (χ3n) is 3.10. The van der Waals surface area contributed by atoms with Crippen LogP contribution < -0.4 is 11.1 Å². The summed E-state index contributed by atoms with van der Waals surface area (Å²) in [5, 5.41) is 2.00. The van der Waals surface area contributed by atoms with Gasteiger partial charge in [-0.05, 0) is 37.3 Å². The van der Waals surface area contributed by atoms with Crippen molar-refractivity contribution in [2.45, 2.75) is 13.0 Å². The summed E-state index contributed by atoms with van der Waals surface area (Å²) in [6.07, 6.45) is -1.36. The largest absolute Gasteiger partial charge is 0.449 e. The van der Waals surface area contributed by atoms with Crippen LogP contribution in [0.15, 0.2) is 36.4 Å². The van der Waals surface area contributed by atoms with Crippen molar-refractivity contribution in [1.29, 1.82) is 0 Å². The lowest BCUT2D eigenvalue weighted by molar-refractivity contribution is -0.123. The van der Waals surface area contributed by atoms with Gasteiger partial charge in [-0.2, -0.15) is 0 Å². The Balaban J connectivity index is 2.07. The molecule has 0 spiro atoms. The van der Waals surface area contributed by atoms with Crippen molar-refractivity contribution in [3.8, 4) is 0 Å². The molecule has 0 aliphatic heterocycles. The fraction of sp³-hybridized carbons (Fsp3) is 0.125. The van der Waals surface area contributed by atoms with E-state index in [0.29, 0.717) is 0 Å². The number of hydrogen-bond acceptors (Lipinski definition) is 4. The lowest BCUT2D eigenvalue weighted by Crippen LogP contribution is -2.30. The van der Waals surface area contributed by atoms with Gasteiger partial charge in [-0.3, -0.25) is 4.79 Å². The summed E-state index contributed by atoms with van der Waals surface area (Å²) in [5.41, 5.74) is 4.56. The van der Waals surface area contributed by atoms with Crippen molar-refractivity contribution in [2.75, 3.05) is 11.1 Å². The number of amides is 1. The molecule has 0 saturated carbocycles. The van der Waals surface area contributed by atoms with Crippen LogP contribution in [-0.4, -0.2) is 18.0 Å². The number of hydrogen-bond donors (Lipinski definition) is 2. The number of ether oxygens (including phenoxy) is 1. The Morgan fingerprint density at radius 2 is 1.75 bits per heavy atom. The van der Waals surface area contributed by atoms with Gasteiger partial charge in [0, 0.05) is 5.69 Å². The molecule has 0 radical (unpaired) electrons. The predicted molar refractivity (Wildman–Crippen MR) is 80.7 cm³/mol.